The van der Waals surface area contributed by atoms with Gasteiger partial charge in [0, 0.05) is 11.4 Å². The third-order valence-electron chi connectivity index (χ3n) is 3.57. The lowest BCUT2D eigenvalue weighted by molar-refractivity contribution is -0.124. The van der Waals surface area contributed by atoms with Crippen LogP contribution in [0.5, 0.6) is 5.75 Å². The number of amides is 1. The number of nitrogens with one attached hydrogen (secondary N) is 1. The zero-order chi connectivity index (χ0) is 13.5. The van der Waals surface area contributed by atoms with Crippen molar-refractivity contribution in [2.24, 2.45) is 5.92 Å². The molecule has 1 amide bonds. The second-order valence-electron chi connectivity index (χ2n) is 4.97. The van der Waals surface area contributed by atoms with Crippen molar-refractivity contribution < 1.29 is 9.53 Å². The van der Waals surface area contributed by atoms with Gasteiger partial charge in [-0.2, -0.15) is 0 Å². The third kappa shape index (κ3) is 4.53. The molecule has 1 N–H and O–H groups in total. The highest BCUT2D eigenvalue weighted by Gasteiger charge is 2.25. The Morgan fingerprint density at radius 1 is 1.26 bits per heavy atom. The summed E-state index contributed by atoms with van der Waals surface area (Å²) in [7, 11) is 0. The molecular weight excluding hydrogens is 306 g/mol. The first-order chi connectivity index (χ1) is 9.29. The van der Waals surface area contributed by atoms with Gasteiger partial charge in [-0.15, -0.1) is 0 Å². The van der Waals surface area contributed by atoms with E-state index >= 15 is 0 Å². The fraction of sp³-hybridized carbons (Fsp3) is 0.533. The Labute approximate surface area is 122 Å². The zero-order valence-corrected chi connectivity index (χ0v) is 12.6. The summed E-state index contributed by atoms with van der Waals surface area (Å²) >= 11 is 3.53. The summed E-state index contributed by atoms with van der Waals surface area (Å²) in [6.07, 6.45) is 4.74. The molecule has 0 aliphatic heterocycles. The van der Waals surface area contributed by atoms with Crippen LogP contribution in [-0.2, 0) is 4.79 Å². The van der Waals surface area contributed by atoms with Crippen molar-refractivity contribution in [2.75, 3.05) is 11.9 Å². The van der Waals surface area contributed by atoms with Gasteiger partial charge in [-0.25, -0.2) is 0 Å². The molecule has 19 heavy (non-hydrogen) atoms. The van der Waals surface area contributed by atoms with E-state index in [1.54, 1.807) is 0 Å². The normalized spacial score (nSPS) is 22.8. The maximum Gasteiger partial charge on any atom is 0.258 e. The molecule has 0 aromatic heterocycles. The van der Waals surface area contributed by atoms with Gasteiger partial charge >= 0.3 is 0 Å². The Kier molecular flexibility index (Phi) is 5.70. The van der Waals surface area contributed by atoms with Gasteiger partial charge in [-0.1, -0.05) is 47.0 Å². The highest BCUT2D eigenvalue weighted by molar-refractivity contribution is 9.09. The maximum absolute atomic E-state index is 11.9. The Balaban J connectivity index is 1.77. The monoisotopic (exact) mass is 325 g/mol. The van der Waals surface area contributed by atoms with Crippen molar-refractivity contribution in [1.29, 1.82) is 0 Å². The Morgan fingerprint density at radius 2 is 2.00 bits per heavy atom. The molecule has 2 unspecified atom stereocenters. The first kappa shape index (κ1) is 14.4. The molecule has 3 nitrogen and oxygen atoms in total. The summed E-state index contributed by atoms with van der Waals surface area (Å²) in [5.74, 6) is 1.26. The number of ether oxygens (including phenoxy) is 1. The molecule has 4 heteroatoms. The van der Waals surface area contributed by atoms with E-state index in [1.165, 1.54) is 19.3 Å². The average molecular weight is 326 g/mol. The molecule has 2 rings (SSSR count). The second-order valence-corrected chi connectivity index (χ2v) is 5.62. The summed E-state index contributed by atoms with van der Waals surface area (Å²) in [4.78, 5) is 11.9. The number of carbonyl (C=O) groups is 1. The summed E-state index contributed by atoms with van der Waals surface area (Å²) in [6, 6.07) is 9.73. The van der Waals surface area contributed by atoms with E-state index in [9.17, 15) is 4.79 Å². The van der Waals surface area contributed by atoms with Gasteiger partial charge in [0.25, 0.3) is 5.91 Å². The highest BCUT2D eigenvalue weighted by atomic mass is 79.9. The zero-order valence-electron chi connectivity index (χ0n) is 11.0. The number of rotatable bonds is 5. The van der Waals surface area contributed by atoms with Crippen LogP contribution in [0.3, 0.4) is 0 Å². The van der Waals surface area contributed by atoms with Crippen molar-refractivity contribution in [3.63, 3.8) is 0 Å². The van der Waals surface area contributed by atoms with Crippen LogP contribution in [0.25, 0.3) is 0 Å². The van der Waals surface area contributed by atoms with Crippen LogP contribution in [0.4, 0.5) is 0 Å². The van der Waals surface area contributed by atoms with E-state index in [0.29, 0.717) is 12.0 Å². The first-order valence-corrected chi connectivity index (χ1v) is 7.95. The number of hydrogen-bond donors (Lipinski definition) is 1. The summed E-state index contributed by atoms with van der Waals surface area (Å²) in [5, 5.41) is 4.05. The van der Waals surface area contributed by atoms with Crippen LogP contribution in [-0.4, -0.2) is 23.9 Å². The molecule has 0 heterocycles. The van der Waals surface area contributed by atoms with Crippen molar-refractivity contribution in [3.8, 4) is 5.75 Å². The topological polar surface area (TPSA) is 38.3 Å². The van der Waals surface area contributed by atoms with Crippen LogP contribution in [0.15, 0.2) is 30.3 Å². The van der Waals surface area contributed by atoms with Gasteiger partial charge < -0.3 is 10.1 Å². The largest absolute Gasteiger partial charge is 0.484 e. The van der Waals surface area contributed by atoms with E-state index in [2.05, 4.69) is 21.2 Å². The maximum atomic E-state index is 11.9. The van der Waals surface area contributed by atoms with E-state index in [4.69, 9.17) is 4.74 Å². The van der Waals surface area contributed by atoms with E-state index in [0.717, 1.165) is 17.5 Å². The van der Waals surface area contributed by atoms with Gasteiger partial charge in [0.2, 0.25) is 0 Å². The molecule has 1 aromatic carbocycles. The molecule has 0 radical (unpaired) electrons. The standard InChI is InChI=1S/C15H20BrNO2/c16-10-12-6-4-5-9-14(12)17-15(18)11-19-13-7-2-1-3-8-13/h1-3,7-8,12,14H,4-6,9-11H2,(H,17,18). The van der Waals surface area contributed by atoms with Gasteiger partial charge in [-0.3, -0.25) is 4.79 Å². The van der Waals surface area contributed by atoms with E-state index in [1.807, 2.05) is 30.3 Å². The number of carbonyl (C=O) groups excluding carboxylic acids is 1. The fourth-order valence-corrected chi connectivity index (χ4v) is 3.27. The van der Waals surface area contributed by atoms with Crippen molar-refractivity contribution in [3.05, 3.63) is 30.3 Å². The Hall–Kier alpha value is -1.03. The lowest BCUT2D eigenvalue weighted by Crippen LogP contribution is -2.44. The molecule has 0 spiro atoms. The van der Waals surface area contributed by atoms with Crippen LogP contribution >= 0.6 is 15.9 Å². The van der Waals surface area contributed by atoms with Crippen LogP contribution in [0, 0.1) is 5.92 Å². The molecule has 0 bridgehead atoms. The van der Waals surface area contributed by atoms with Gasteiger partial charge in [0.1, 0.15) is 5.75 Å². The fourth-order valence-electron chi connectivity index (χ4n) is 2.50. The first-order valence-electron chi connectivity index (χ1n) is 6.83. The molecule has 1 fully saturated rings. The van der Waals surface area contributed by atoms with Crippen LogP contribution < -0.4 is 10.1 Å². The minimum absolute atomic E-state index is 0.0262. The number of benzene rings is 1. The number of hydrogen-bond acceptors (Lipinski definition) is 2. The predicted molar refractivity (Wildman–Crippen MR) is 79.6 cm³/mol. The molecule has 1 aliphatic carbocycles. The van der Waals surface area contributed by atoms with Crippen molar-refractivity contribution >= 4 is 21.8 Å². The van der Waals surface area contributed by atoms with Gasteiger partial charge in [0.05, 0.1) is 0 Å². The minimum atomic E-state index is -0.0262. The van der Waals surface area contributed by atoms with E-state index < -0.39 is 0 Å². The van der Waals surface area contributed by atoms with E-state index in [-0.39, 0.29) is 12.5 Å². The number of para-hydroxylation sites is 1. The van der Waals surface area contributed by atoms with Crippen molar-refractivity contribution in [1.82, 2.24) is 5.32 Å². The van der Waals surface area contributed by atoms with Crippen LogP contribution in [0.1, 0.15) is 25.7 Å². The van der Waals surface area contributed by atoms with Gasteiger partial charge in [0.15, 0.2) is 6.61 Å². The smallest absolute Gasteiger partial charge is 0.258 e. The quantitative estimate of drug-likeness (QED) is 0.844. The summed E-state index contributed by atoms with van der Waals surface area (Å²) in [6.45, 7) is 0.0928. The SMILES string of the molecule is O=C(COc1ccccc1)NC1CCCCC1CBr. The molecule has 104 valence electrons. The molecule has 1 aromatic rings. The summed E-state index contributed by atoms with van der Waals surface area (Å²) in [5.41, 5.74) is 0. The molecule has 2 atom stereocenters. The third-order valence-corrected chi connectivity index (χ3v) is 4.40. The molecule has 1 saturated carbocycles. The van der Waals surface area contributed by atoms with Crippen LogP contribution in [0.2, 0.25) is 0 Å². The Morgan fingerprint density at radius 3 is 2.74 bits per heavy atom. The number of alkyl halides is 1. The lowest BCUT2D eigenvalue weighted by atomic mass is 9.86. The minimum Gasteiger partial charge on any atom is -0.484 e. The average Bonchev–Trinajstić information content (AvgIpc) is 2.47. The molecule has 0 saturated heterocycles. The number of halogens is 1. The predicted octanol–water partition coefficient (Wildman–Crippen LogP) is 3.14. The molecular formula is C15H20BrNO2. The van der Waals surface area contributed by atoms with Crippen molar-refractivity contribution in [2.45, 2.75) is 31.7 Å². The van der Waals surface area contributed by atoms with Gasteiger partial charge in [-0.05, 0) is 30.9 Å². The lowest BCUT2D eigenvalue weighted by Gasteiger charge is -2.30. The second kappa shape index (κ2) is 7.53. The Bertz CT molecular complexity index is 396. The highest BCUT2D eigenvalue weighted by Crippen LogP contribution is 2.25. The molecule has 1 aliphatic rings. The summed E-state index contributed by atoms with van der Waals surface area (Å²) < 4.78 is 5.45.